The molecule has 3 nitrogen and oxygen atoms in total. The van der Waals surface area contributed by atoms with Crippen molar-refractivity contribution in [3.8, 4) is 0 Å². The Labute approximate surface area is 106 Å². The standard InChI is InChI=1S/C14H13O3P/c15-14(13-9-5-2-6-10-13)18(16)17-11-12-7-3-1-4-8-12/h1-10,18H,11H2. The van der Waals surface area contributed by atoms with Gasteiger partial charge in [0.2, 0.25) is 5.52 Å². The highest BCUT2D eigenvalue weighted by atomic mass is 31.1. The zero-order valence-corrected chi connectivity index (χ0v) is 10.7. The van der Waals surface area contributed by atoms with Crippen molar-refractivity contribution >= 4 is 13.6 Å². The molecule has 1 atom stereocenters. The van der Waals surface area contributed by atoms with E-state index >= 15 is 0 Å². The minimum Gasteiger partial charge on any atom is -0.320 e. The van der Waals surface area contributed by atoms with Crippen molar-refractivity contribution in [1.82, 2.24) is 0 Å². The summed E-state index contributed by atoms with van der Waals surface area (Å²) in [4.78, 5) is 11.8. The zero-order chi connectivity index (χ0) is 12.8. The molecule has 2 aromatic carbocycles. The van der Waals surface area contributed by atoms with Crippen molar-refractivity contribution in [2.45, 2.75) is 6.61 Å². The zero-order valence-electron chi connectivity index (χ0n) is 9.71. The van der Waals surface area contributed by atoms with E-state index < -0.39 is 13.6 Å². The molecule has 0 bridgehead atoms. The Balaban J connectivity index is 1.95. The van der Waals surface area contributed by atoms with Crippen LogP contribution in [-0.2, 0) is 15.7 Å². The van der Waals surface area contributed by atoms with Crippen LogP contribution in [0.5, 0.6) is 0 Å². The maximum absolute atomic E-state index is 11.8. The second-order valence-corrected chi connectivity index (χ2v) is 5.07. The summed E-state index contributed by atoms with van der Waals surface area (Å²) < 4.78 is 16.9. The van der Waals surface area contributed by atoms with Crippen LogP contribution in [0, 0.1) is 0 Å². The molecule has 0 spiro atoms. The van der Waals surface area contributed by atoms with Crippen molar-refractivity contribution in [2.24, 2.45) is 0 Å². The van der Waals surface area contributed by atoms with Gasteiger partial charge in [0.1, 0.15) is 0 Å². The number of hydrogen-bond donors (Lipinski definition) is 0. The smallest absolute Gasteiger partial charge is 0.260 e. The van der Waals surface area contributed by atoms with E-state index in [-0.39, 0.29) is 6.61 Å². The van der Waals surface area contributed by atoms with E-state index in [1.165, 1.54) is 0 Å². The topological polar surface area (TPSA) is 43.4 Å². The van der Waals surface area contributed by atoms with Gasteiger partial charge in [-0.1, -0.05) is 60.7 Å². The van der Waals surface area contributed by atoms with Crippen molar-refractivity contribution in [1.29, 1.82) is 0 Å². The SMILES string of the molecule is O=C(c1ccccc1)[PH](=O)OCc1ccccc1. The van der Waals surface area contributed by atoms with Crippen LogP contribution in [-0.4, -0.2) is 5.52 Å². The molecule has 4 heteroatoms. The average molecular weight is 260 g/mol. The van der Waals surface area contributed by atoms with E-state index in [4.69, 9.17) is 4.52 Å². The van der Waals surface area contributed by atoms with Crippen LogP contribution in [0.2, 0.25) is 0 Å². The number of rotatable bonds is 5. The largest absolute Gasteiger partial charge is 0.320 e. The van der Waals surface area contributed by atoms with E-state index in [1.54, 1.807) is 30.3 Å². The molecule has 0 aliphatic heterocycles. The lowest BCUT2D eigenvalue weighted by Crippen LogP contribution is -1.95. The number of hydrogen-bond acceptors (Lipinski definition) is 3. The fourth-order valence-corrected chi connectivity index (χ4v) is 2.33. The van der Waals surface area contributed by atoms with E-state index in [9.17, 15) is 9.36 Å². The molecule has 0 saturated heterocycles. The maximum atomic E-state index is 11.8. The van der Waals surface area contributed by atoms with Gasteiger partial charge in [-0.25, -0.2) is 0 Å². The first-order valence-corrected chi connectivity index (χ1v) is 6.89. The molecule has 2 aromatic rings. The molecule has 0 aliphatic carbocycles. The van der Waals surface area contributed by atoms with Crippen molar-refractivity contribution in [3.05, 3.63) is 71.8 Å². The monoisotopic (exact) mass is 260 g/mol. The lowest BCUT2D eigenvalue weighted by molar-refractivity contribution is 0.105. The second-order valence-electron chi connectivity index (χ2n) is 3.76. The predicted molar refractivity (Wildman–Crippen MR) is 71.0 cm³/mol. The van der Waals surface area contributed by atoms with Crippen molar-refractivity contribution in [3.63, 3.8) is 0 Å². The Morgan fingerprint density at radius 3 is 2.11 bits per heavy atom. The van der Waals surface area contributed by atoms with Gasteiger partial charge in [0.05, 0.1) is 6.61 Å². The van der Waals surface area contributed by atoms with E-state index in [2.05, 4.69) is 0 Å². The lowest BCUT2D eigenvalue weighted by Gasteiger charge is -2.03. The summed E-state index contributed by atoms with van der Waals surface area (Å²) in [6, 6.07) is 17.9. The summed E-state index contributed by atoms with van der Waals surface area (Å²) in [5, 5.41) is 0. The summed E-state index contributed by atoms with van der Waals surface area (Å²) >= 11 is 0. The fraction of sp³-hybridized carbons (Fsp3) is 0.0714. The van der Waals surface area contributed by atoms with E-state index in [1.807, 2.05) is 30.3 Å². The van der Waals surface area contributed by atoms with Gasteiger partial charge in [0, 0.05) is 5.56 Å². The quantitative estimate of drug-likeness (QED) is 0.772. The van der Waals surface area contributed by atoms with Gasteiger partial charge in [-0.05, 0) is 5.56 Å². The Bertz CT molecular complexity index is 537. The Morgan fingerprint density at radius 1 is 0.944 bits per heavy atom. The lowest BCUT2D eigenvalue weighted by atomic mass is 10.2. The van der Waals surface area contributed by atoms with Crippen LogP contribution in [0.4, 0.5) is 0 Å². The first-order chi connectivity index (χ1) is 8.77. The Kier molecular flexibility index (Phi) is 4.46. The Hall–Kier alpha value is -1.70. The van der Waals surface area contributed by atoms with Gasteiger partial charge in [-0.3, -0.25) is 9.36 Å². The maximum Gasteiger partial charge on any atom is 0.260 e. The summed E-state index contributed by atoms with van der Waals surface area (Å²) in [5.41, 5.74) is 0.891. The van der Waals surface area contributed by atoms with Gasteiger partial charge < -0.3 is 4.52 Å². The molecule has 0 fully saturated rings. The van der Waals surface area contributed by atoms with E-state index in [0.717, 1.165) is 5.56 Å². The molecular weight excluding hydrogens is 247 g/mol. The minimum atomic E-state index is -2.71. The molecule has 0 aromatic heterocycles. The van der Waals surface area contributed by atoms with Crippen LogP contribution in [0.25, 0.3) is 0 Å². The van der Waals surface area contributed by atoms with Crippen LogP contribution in [0.3, 0.4) is 0 Å². The van der Waals surface area contributed by atoms with Crippen LogP contribution in [0.15, 0.2) is 60.7 Å². The highest BCUT2D eigenvalue weighted by molar-refractivity contribution is 7.60. The summed E-state index contributed by atoms with van der Waals surface area (Å²) in [6.07, 6.45) is 0. The molecule has 0 N–H and O–H groups in total. The van der Waals surface area contributed by atoms with Gasteiger partial charge in [-0.15, -0.1) is 0 Å². The third kappa shape index (κ3) is 3.39. The third-order valence-corrected chi connectivity index (χ3v) is 3.50. The van der Waals surface area contributed by atoms with Crippen LogP contribution < -0.4 is 0 Å². The van der Waals surface area contributed by atoms with Crippen molar-refractivity contribution in [2.75, 3.05) is 0 Å². The molecule has 92 valence electrons. The molecule has 0 radical (unpaired) electrons. The van der Waals surface area contributed by atoms with Gasteiger partial charge >= 0.3 is 0 Å². The van der Waals surface area contributed by atoms with Gasteiger partial charge in [0.15, 0.2) is 0 Å². The highest BCUT2D eigenvalue weighted by Gasteiger charge is 2.14. The predicted octanol–water partition coefficient (Wildman–Crippen LogP) is 3.52. The molecule has 0 saturated carbocycles. The first kappa shape index (κ1) is 12.7. The summed E-state index contributed by atoms with van der Waals surface area (Å²) in [7, 11) is -2.71. The van der Waals surface area contributed by atoms with Crippen molar-refractivity contribution < 1.29 is 13.9 Å². The second kappa shape index (κ2) is 6.29. The Morgan fingerprint density at radius 2 is 1.50 bits per heavy atom. The average Bonchev–Trinajstić information content (AvgIpc) is 2.46. The van der Waals surface area contributed by atoms with Crippen LogP contribution >= 0.6 is 8.03 Å². The number of carbonyl (C=O) groups excluding carboxylic acids is 1. The molecule has 18 heavy (non-hydrogen) atoms. The van der Waals surface area contributed by atoms with Crippen LogP contribution in [0.1, 0.15) is 15.9 Å². The molecule has 1 unspecified atom stereocenters. The molecular formula is C14H13O3P. The highest BCUT2D eigenvalue weighted by Crippen LogP contribution is 2.29. The minimum absolute atomic E-state index is 0.192. The molecule has 0 amide bonds. The van der Waals surface area contributed by atoms with Gasteiger partial charge in [0.25, 0.3) is 8.03 Å². The fourth-order valence-electron chi connectivity index (χ4n) is 1.50. The molecule has 0 heterocycles. The van der Waals surface area contributed by atoms with E-state index in [0.29, 0.717) is 5.56 Å². The molecule has 2 rings (SSSR count). The van der Waals surface area contributed by atoms with Gasteiger partial charge in [-0.2, -0.15) is 0 Å². The normalized spacial score (nSPS) is 12.0. The third-order valence-electron chi connectivity index (χ3n) is 2.43. The number of carbonyl (C=O) groups is 1. The molecule has 0 aliphatic rings. The summed E-state index contributed by atoms with van der Waals surface area (Å²) in [5.74, 6) is 0. The first-order valence-electron chi connectivity index (χ1n) is 5.58. The summed E-state index contributed by atoms with van der Waals surface area (Å²) in [6.45, 7) is 0.192. The number of benzene rings is 2.